The number of rotatable bonds is 2. The highest BCUT2D eigenvalue weighted by Crippen LogP contribution is 2.46. The van der Waals surface area contributed by atoms with E-state index >= 15 is 0 Å². The van der Waals surface area contributed by atoms with Crippen molar-refractivity contribution in [3.63, 3.8) is 0 Å². The van der Waals surface area contributed by atoms with E-state index in [0.29, 0.717) is 0 Å². The molecule has 0 aliphatic heterocycles. The minimum atomic E-state index is 0.923. The van der Waals surface area contributed by atoms with Gasteiger partial charge in [-0.3, -0.25) is 0 Å². The maximum atomic E-state index is 6.20. The number of aromatic nitrogens is 4. The second-order valence-corrected chi connectivity index (χ2v) is 9.75. The maximum Gasteiger partial charge on any atom is 0.147 e. The van der Waals surface area contributed by atoms with Crippen molar-refractivity contribution in [3.8, 4) is 20.9 Å². The Morgan fingerprint density at radius 2 is 1.14 bits per heavy atom. The summed E-state index contributed by atoms with van der Waals surface area (Å²) >= 11 is 5.99. The number of hydrogen-bond donors (Lipinski definition) is 0. The van der Waals surface area contributed by atoms with Gasteiger partial charge in [-0.15, -0.1) is 22.7 Å². The van der Waals surface area contributed by atoms with E-state index in [-0.39, 0.29) is 0 Å². The van der Waals surface area contributed by atoms with E-state index in [1.54, 1.807) is 22.7 Å². The lowest BCUT2D eigenvalue weighted by molar-refractivity contribution is 0.671. The molecule has 5 nitrogen and oxygen atoms in total. The molecular weight excluding hydrogens is 441 g/mol. The second kappa shape index (κ2) is 5.90. The monoisotopic (exact) mass is 448 g/mol. The summed E-state index contributed by atoms with van der Waals surface area (Å²) in [5, 5.41) is 0. The van der Waals surface area contributed by atoms with Crippen molar-refractivity contribution in [3.05, 3.63) is 48.5 Å². The Morgan fingerprint density at radius 3 is 1.66 bits per heavy atom. The van der Waals surface area contributed by atoms with Crippen LogP contribution in [0.15, 0.2) is 52.9 Å². The molecule has 5 heterocycles. The van der Waals surface area contributed by atoms with Gasteiger partial charge in [0.05, 0.1) is 32.9 Å². The van der Waals surface area contributed by atoms with Gasteiger partial charge in [0.2, 0.25) is 0 Å². The minimum Gasteiger partial charge on any atom is -0.454 e. The summed E-state index contributed by atoms with van der Waals surface area (Å²) in [7, 11) is 0. The van der Waals surface area contributed by atoms with Gasteiger partial charge in [-0.25, -0.2) is 0 Å². The summed E-state index contributed by atoms with van der Waals surface area (Å²) in [5.41, 5.74) is 7.83. The molecule has 0 saturated carbocycles. The molecule has 0 bridgehead atoms. The summed E-state index contributed by atoms with van der Waals surface area (Å²) in [6.45, 7) is 0. The van der Waals surface area contributed by atoms with Crippen LogP contribution in [-0.4, -0.2) is 17.5 Å². The highest BCUT2D eigenvalue weighted by Gasteiger charge is 2.19. The second-order valence-electron chi connectivity index (χ2n) is 6.59. The number of hydrogen-bond acceptors (Lipinski definition) is 9. The molecule has 7 aromatic rings. The van der Waals surface area contributed by atoms with Crippen LogP contribution in [0.2, 0.25) is 0 Å². The molecule has 5 aromatic heterocycles. The molecule has 7 rings (SSSR count). The van der Waals surface area contributed by atoms with Crippen LogP contribution in [0.5, 0.6) is 0 Å². The summed E-state index contributed by atoms with van der Waals surface area (Å²) < 4.78 is 26.2. The topological polar surface area (TPSA) is 64.7 Å². The lowest BCUT2D eigenvalue weighted by atomic mass is 10.1. The van der Waals surface area contributed by atoms with Gasteiger partial charge < -0.3 is 4.42 Å². The third-order valence-corrected chi connectivity index (χ3v) is 8.47. The molecule has 0 radical (unpaired) electrons. The molecule has 9 heteroatoms. The van der Waals surface area contributed by atoms with Gasteiger partial charge in [0.25, 0.3) is 0 Å². The fraction of sp³-hybridized carbons (Fsp3) is 0. The highest BCUT2D eigenvalue weighted by atomic mass is 32.1. The van der Waals surface area contributed by atoms with Gasteiger partial charge in [0, 0.05) is 33.0 Å². The van der Waals surface area contributed by atoms with Gasteiger partial charge in [-0.1, -0.05) is 24.3 Å². The Bertz CT molecular complexity index is 1560. The first-order valence-electron chi connectivity index (χ1n) is 8.74. The molecule has 0 saturated heterocycles. The van der Waals surface area contributed by atoms with Crippen LogP contribution >= 0.6 is 46.1 Å². The van der Waals surface area contributed by atoms with E-state index in [4.69, 9.17) is 4.42 Å². The normalized spacial score (nSPS) is 12.1. The van der Waals surface area contributed by atoms with Crippen LogP contribution < -0.4 is 0 Å². The average Bonchev–Trinajstić information content (AvgIpc) is 3.52. The largest absolute Gasteiger partial charge is 0.454 e. The Hall–Kier alpha value is -2.72. The van der Waals surface area contributed by atoms with Crippen LogP contribution in [0.1, 0.15) is 0 Å². The molecule has 0 atom stereocenters. The van der Waals surface area contributed by atoms with Crippen LogP contribution in [0.4, 0.5) is 0 Å². The fourth-order valence-electron chi connectivity index (χ4n) is 3.61. The van der Waals surface area contributed by atoms with E-state index in [9.17, 15) is 0 Å². The minimum absolute atomic E-state index is 0.923. The molecule has 0 fully saturated rings. The van der Waals surface area contributed by atoms with Crippen molar-refractivity contribution in [1.82, 2.24) is 17.5 Å². The summed E-state index contributed by atoms with van der Waals surface area (Å²) in [5.74, 6) is 0. The average molecular weight is 449 g/mol. The zero-order chi connectivity index (χ0) is 18.9. The van der Waals surface area contributed by atoms with Crippen LogP contribution in [0.3, 0.4) is 0 Å². The SMILES string of the molecule is c1cc(-c2cc3oc4cc(-c5cccc6nsnc56)sc4c3s2)c2nsnc2c1. The van der Waals surface area contributed by atoms with Crippen molar-refractivity contribution >= 4 is 88.8 Å². The van der Waals surface area contributed by atoms with E-state index in [1.165, 1.54) is 32.9 Å². The number of nitrogens with zero attached hydrogens (tertiary/aromatic N) is 4. The van der Waals surface area contributed by atoms with Gasteiger partial charge in [0.1, 0.15) is 33.2 Å². The lowest BCUT2D eigenvalue weighted by Crippen LogP contribution is -1.76. The predicted octanol–water partition coefficient (Wildman–Crippen LogP) is 7.05. The molecule has 0 spiro atoms. The van der Waals surface area contributed by atoms with Crippen molar-refractivity contribution in [2.75, 3.05) is 0 Å². The predicted molar refractivity (Wildman–Crippen MR) is 122 cm³/mol. The van der Waals surface area contributed by atoms with Crippen molar-refractivity contribution in [1.29, 1.82) is 0 Å². The number of fused-ring (bicyclic) bond motifs is 5. The summed E-state index contributed by atoms with van der Waals surface area (Å²) in [4.78, 5) is 2.31. The molecule has 0 unspecified atom stereocenters. The molecule has 0 aliphatic carbocycles. The Kier molecular flexibility index (Phi) is 3.28. The maximum absolute atomic E-state index is 6.20. The van der Waals surface area contributed by atoms with Gasteiger partial charge in [-0.2, -0.15) is 17.5 Å². The molecule has 2 aromatic carbocycles. The van der Waals surface area contributed by atoms with E-state index in [2.05, 4.69) is 41.8 Å². The summed E-state index contributed by atoms with van der Waals surface area (Å²) in [6.07, 6.45) is 0. The van der Waals surface area contributed by atoms with Gasteiger partial charge >= 0.3 is 0 Å². The molecular formula is C20H8N4OS4. The third kappa shape index (κ3) is 2.29. The first-order chi connectivity index (χ1) is 14.3. The van der Waals surface area contributed by atoms with E-state index in [1.807, 2.05) is 24.3 Å². The lowest BCUT2D eigenvalue weighted by Gasteiger charge is -1.96. The molecule has 29 heavy (non-hydrogen) atoms. The standard InChI is InChI=1S/C20H8N4OS4/c1-3-9(17-11(5-1)21-28-23-17)15-7-13-19(26-15)20-14(25-13)8-16(27-20)10-4-2-6-12-18(10)24-29-22-12/h1-8H. The zero-order valence-corrected chi connectivity index (χ0v) is 17.7. The smallest absolute Gasteiger partial charge is 0.147 e. The first kappa shape index (κ1) is 16.1. The summed E-state index contributed by atoms with van der Waals surface area (Å²) in [6, 6.07) is 16.5. The molecule has 138 valence electrons. The Labute approximate surface area is 179 Å². The fourth-order valence-corrected chi connectivity index (χ4v) is 7.07. The number of thiophene rings is 2. The quantitative estimate of drug-likeness (QED) is 0.283. The van der Waals surface area contributed by atoms with Gasteiger partial charge in [0.15, 0.2) is 0 Å². The van der Waals surface area contributed by atoms with E-state index < -0.39 is 0 Å². The number of benzene rings is 2. The van der Waals surface area contributed by atoms with Crippen molar-refractivity contribution in [2.45, 2.75) is 0 Å². The van der Waals surface area contributed by atoms with Crippen LogP contribution in [0.25, 0.3) is 63.5 Å². The molecule has 0 amide bonds. The molecule has 0 aliphatic rings. The zero-order valence-electron chi connectivity index (χ0n) is 14.4. The van der Waals surface area contributed by atoms with Crippen molar-refractivity contribution in [2.24, 2.45) is 0 Å². The molecule has 0 N–H and O–H groups in total. The van der Waals surface area contributed by atoms with Crippen LogP contribution in [-0.2, 0) is 0 Å². The third-order valence-electron chi connectivity index (χ3n) is 4.93. The Morgan fingerprint density at radius 1 is 0.621 bits per heavy atom. The highest BCUT2D eigenvalue weighted by molar-refractivity contribution is 7.30. The first-order valence-corrected chi connectivity index (χ1v) is 11.8. The van der Waals surface area contributed by atoms with E-state index in [0.717, 1.165) is 54.1 Å². The van der Waals surface area contributed by atoms with Gasteiger partial charge in [-0.05, 0) is 12.1 Å². The van der Waals surface area contributed by atoms with Crippen molar-refractivity contribution < 1.29 is 4.42 Å². The Balaban J connectivity index is 1.43. The number of furan rings is 1. The van der Waals surface area contributed by atoms with Crippen LogP contribution in [0, 0.1) is 0 Å².